The van der Waals surface area contributed by atoms with Gasteiger partial charge < -0.3 is 10.1 Å². The summed E-state index contributed by atoms with van der Waals surface area (Å²) in [7, 11) is 1.78. The van der Waals surface area contributed by atoms with Gasteiger partial charge in [0.25, 0.3) is 0 Å². The van der Waals surface area contributed by atoms with Crippen molar-refractivity contribution in [3.63, 3.8) is 0 Å². The molecule has 18 heavy (non-hydrogen) atoms. The maximum Gasteiger partial charge on any atom is 0.0630 e. The lowest BCUT2D eigenvalue weighted by molar-refractivity contribution is 0.0885. The molecule has 0 aliphatic heterocycles. The van der Waals surface area contributed by atoms with Gasteiger partial charge in [-0.25, -0.2) is 0 Å². The SMILES string of the molecule is CCCNCC(COC)N(CC)Cc1cccs1. The van der Waals surface area contributed by atoms with E-state index in [1.807, 2.05) is 11.3 Å². The number of hydrogen-bond donors (Lipinski definition) is 1. The first-order chi connectivity index (χ1) is 8.81. The minimum atomic E-state index is 0.452. The Morgan fingerprint density at radius 1 is 1.44 bits per heavy atom. The van der Waals surface area contributed by atoms with Crippen LogP contribution in [0, 0.1) is 0 Å². The van der Waals surface area contributed by atoms with Crippen LogP contribution in [0.15, 0.2) is 17.5 Å². The van der Waals surface area contributed by atoms with Crippen LogP contribution >= 0.6 is 11.3 Å². The number of nitrogens with zero attached hydrogens (tertiary/aromatic N) is 1. The fourth-order valence-electron chi connectivity index (χ4n) is 2.03. The molecule has 1 N–H and O–H groups in total. The molecule has 0 aliphatic carbocycles. The van der Waals surface area contributed by atoms with Gasteiger partial charge in [-0.1, -0.05) is 19.9 Å². The Hall–Kier alpha value is -0.420. The standard InChI is InChI=1S/C14H26N2OS/c1-4-8-15-10-13(12-17-3)16(5-2)11-14-7-6-9-18-14/h6-7,9,13,15H,4-5,8,10-12H2,1-3H3. The molecule has 1 heterocycles. The van der Waals surface area contributed by atoms with Crippen molar-refractivity contribution in [1.29, 1.82) is 0 Å². The van der Waals surface area contributed by atoms with Gasteiger partial charge >= 0.3 is 0 Å². The van der Waals surface area contributed by atoms with Crippen molar-refractivity contribution in [2.75, 3.05) is 33.4 Å². The van der Waals surface area contributed by atoms with Crippen LogP contribution < -0.4 is 5.32 Å². The van der Waals surface area contributed by atoms with Crippen LogP contribution in [0.25, 0.3) is 0 Å². The van der Waals surface area contributed by atoms with E-state index in [2.05, 4.69) is 41.6 Å². The molecule has 1 rings (SSSR count). The van der Waals surface area contributed by atoms with E-state index in [9.17, 15) is 0 Å². The average Bonchev–Trinajstić information content (AvgIpc) is 2.88. The third-order valence-electron chi connectivity index (χ3n) is 3.03. The Kier molecular flexibility index (Phi) is 8.25. The summed E-state index contributed by atoms with van der Waals surface area (Å²) in [5.74, 6) is 0. The van der Waals surface area contributed by atoms with Gasteiger partial charge in [0, 0.05) is 31.1 Å². The molecule has 4 heteroatoms. The van der Waals surface area contributed by atoms with Crippen LogP contribution in [0.1, 0.15) is 25.1 Å². The maximum atomic E-state index is 5.36. The van der Waals surface area contributed by atoms with Crippen molar-refractivity contribution in [3.8, 4) is 0 Å². The zero-order valence-corrected chi connectivity index (χ0v) is 12.6. The number of nitrogens with one attached hydrogen (secondary N) is 1. The molecular weight excluding hydrogens is 244 g/mol. The molecule has 1 unspecified atom stereocenters. The molecule has 0 spiro atoms. The minimum Gasteiger partial charge on any atom is -0.383 e. The molecule has 104 valence electrons. The molecule has 1 aromatic rings. The van der Waals surface area contributed by atoms with E-state index in [-0.39, 0.29) is 0 Å². The largest absolute Gasteiger partial charge is 0.383 e. The van der Waals surface area contributed by atoms with Gasteiger partial charge in [0.15, 0.2) is 0 Å². The highest BCUT2D eigenvalue weighted by Crippen LogP contribution is 2.13. The van der Waals surface area contributed by atoms with Crippen molar-refractivity contribution in [2.24, 2.45) is 0 Å². The Bertz CT molecular complexity index is 290. The number of hydrogen-bond acceptors (Lipinski definition) is 4. The van der Waals surface area contributed by atoms with Crippen molar-refractivity contribution in [3.05, 3.63) is 22.4 Å². The van der Waals surface area contributed by atoms with Crippen LogP contribution in [-0.2, 0) is 11.3 Å². The van der Waals surface area contributed by atoms with Crippen molar-refractivity contribution in [2.45, 2.75) is 32.9 Å². The molecule has 0 bridgehead atoms. The Morgan fingerprint density at radius 2 is 2.28 bits per heavy atom. The number of ether oxygens (including phenoxy) is 1. The smallest absolute Gasteiger partial charge is 0.0630 e. The molecular formula is C14H26N2OS. The van der Waals surface area contributed by atoms with Crippen molar-refractivity contribution < 1.29 is 4.74 Å². The molecule has 0 aliphatic rings. The number of methoxy groups -OCH3 is 1. The van der Waals surface area contributed by atoms with E-state index in [4.69, 9.17) is 4.74 Å². The topological polar surface area (TPSA) is 24.5 Å². The summed E-state index contributed by atoms with van der Waals surface area (Å²) in [4.78, 5) is 3.91. The van der Waals surface area contributed by atoms with Crippen LogP contribution in [0.2, 0.25) is 0 Å². The second-order valence-corrected chi connectivity index (χ2v) is 5.49. The zero-order valence-electron chi connectivity index (χ0n) is 11.8. The quantitative estimate of drug-likeness (QED) is 0.661. The third-order valence-corrected chi connectivity index (χ3v) is 3.89. The number of likely N-dealkylation sites (N-methyl/N-ethyl adjacent to an activating group) is 1. The van der Waals surface area contributed by atoms with Crippen molar-refractivity contribution >= 4 is 11.3 Å². The molecule has 1 aromatic heterocycles. The maximum absolute atomic E-state index is 5.36. The van der Waals surface area contributed by atoms with Crippen LogP contribution in [-0.4, -0.2) is 44.3 Å². The lowest BCUT2D eigenvalue weighted by Gasteiger charge is -2.30. The summed E-state index contributed by atoms with van der Waals surface area (Å²) < 4.78 is 5.36. The highest BCUT2D eigenvalue weighted by atomic mass is 32.1. The average molecular weight is 270 g/mol. The van der Waals surface area contributed by atoms with Gasteiger partial charge in [0.1, 0.15) is 0 Å². The predicted molar refractivity (Wildman–Crippen MR) is 79.2 cm³/mol. The summed E-state index contributed by atoms with van der Waals surface area (Å²) >= 11 is 1.83. The lowest BCUT2D eigenvalue weighted by atomic mass is 10.2. The highest BCUT2D eigenvalue weighted by molar-refractivity contribution is 7.09. The first-order valence-corrected chi connectivity index (χ1v) is 7.65. The molecule has 0 aromatic carbocycles. The van der Waals surface area contributed by atoms with E-state index in [1.54, 1.807) is 7.11 Å². The fourth-order valence-corrected chi connectivity index (χ4v) is 2.76. The monoisotopic (exact) mass is 270 g/mol. The van der Waals surface area contributed by atoms with E-state index >= 15 is 0 Å². The van der Waals surface area contributed by atoms with Gasteiger partial charge in [0.05, 0.1) is 6.61 Å². The fraction of sp³-hybridized carbons (Fsp3) is 0.714. The molecule has 1 atom stereocenters. The second-order valence-electron chi connectivity index (χ2n) is 4.46. The van der Waals surface area contributed by atoms with Crippen LogP contribution in [0.3, 0.4) is 0 Å². The zero-order chi connectivity index (χ0) is 13.2. The van der Waals surface area contributed by atoms with Crippen LogP contribution in [0.4, 0.5) is 0 Å². The first-order valence-electron chi connectivity index (χ1n) is 6.77. The third kappa shape index (κ3) is 5.48. The summed E-state index contributed by atoms with van der Waals surface area (Å²) in [6.07, 6.45) is 1.18. The molecule has 0 saturated carbocycles. The van der Waals surface area contributed by atoms with Gasteiger partial charge in [-0.2, -0.15) is 0 Å². The predicted octanol–water partition coefficient (Wildman–Crippen LogP) is 2.58. The van der Waals surface area contributed by atoms with Gasteiger partial charge in [-0.3, -0.25) is 4.90 Å². The van der Waals surface area contributed by atoms with Crippen LogP contribution in [0.5, 0.6) is 0 Å². The van der Waals surface area contributed by atoms with E-state index < -0.39 is 0 Å². The van der Waals surface area contributed by atoms with Crippen molar-refractivity contribution in [1.82, 2.24) is 10.2 Å². The van der Waals surface area contributed by atoms with E-state index in [1.165, 1.54) is 11.3 Å². The Morgan fingerprint density at radius 3 is 2.83 bits per heavy atom. The summed E-state index contributed by atoms with van der Waals surface area (Å²) in [5, 5.41) is 5.64. The van der Waals surface area contributed by atoms with E-state index in [0.29, 0.717) is 6.04 Å². The van der Waals surface area contributed by atoms with Gasteiger partial charge in [0.2, 0.25) is 0 Å². The first kappa shape index (κ1) is 15.6. The Balaban J connectivity index is 2.50. The van der Waals surface area contributed by atoms with Gasteiger partial charge in [-0.05, 0) is 31.0 Å². The molecule has 0 fully saturated rings. The lowest BCUT2D eigenvalue weighted by Crippen LogP contribution is -2.44. The molecule has 0 radical (unpaired) electrons. The normalized spacial score (nSPS) is 13.1. The molecule has 0 saturated heterocycles. The summed E-state index contributed by atoms with van der Waals surface area (Å²) in [6.45, 7) is 9.36. The second kappa shape index (κ2) is 9.50. The summed E-state index contributed by atoms with van der Waals surface area (Å²) in [5.41, 5.74) is 0. The number of rotatable bonds is 10. The molecule has 3 nitrogen and oxygen atoms in total. The molecule has 0 amide bonds. The van der Waals surface area contributed by atoms with Gasteiger partial charge in [-0.15, -0.1) is 11.3 Å². The Labute approximate surface area is 115 Å². The minimum absolute atomic E-state index is 0.452. The number of thiophene rings is 1. The van der Waals surface area contributed by atoms with E-state index in [0.717, 1.165) is 32.8 Å². The summed E-state index contributed by atoms with van der Waals surface area (Å²) in [6, 6.07) is 4.78. The highest BCUT2D eigenvalue weighted by Gasteiger charge is 2.17.